The molecule has 3 nitrogen and oxygen atoms in total. The lowest BCUT2D eigenvalue weighted by molar-refractivity contribution is 0.171. The second kappa shape index (κ2) is 9.31. The molecule has 156 valence electrons. The quantitative estimate of drug-likeness (QED) is 0.406. The van der Waals surface area contributed by atoms with E-state index in [0.717, 1.165) is 25.1 Å². The van der Waals surface area contributed by atoms with Gasteiger partial charge in [-0.2, -0.15) is 0 Å². The molecular weight excluding hydrogens is 387 g/mol. The van der Waals surface area contributed by atoms with Gasteiger partial charge in [-0.1, -0.05) is 105 Å². The minimum absolute atomic E-state index is 0.138. The Balaban J connectivity index is 1.83. The predicted molar refractivity (Wildman–Crippen MR) is 125 cm³/mol. The van der Waals surface area contributed by atoms with E-state index in [4.69, 9.17) is 0 Å². The molecule has 1 aliphatic rings. The first-order valence-corrected chi connectivity index (χ1v) is 12.7. The number of rotatable bonds is 6. The van der Waals surface area contributed by atoms with Crippen LogP contribution in [0.4, 0.5) is 0 Å². The molecule has 3 aromatic carbocycles. The van der Waals surface area contributed by atoms with Gasteiger partial charge in [0.2, 0.25) is 7.44 Å². The predicted octanol–water partition coefficient (Wildman–Crippen LogP) is 6.91. The van der Waals surface area contributed by atoms with Crippen molar-refractivity contribution in [3.8, 4) is 0 Å². The van der Waals surface area contributed by atoms with Gasteiger partial charge in [0, 0.05) is 25.2 Å². The summed E-state index contributed by atoms with van der Waals surface area (Å²) in [5, 5.41) is 0. The summed E-state index contributed by atoms with van der Waals surface area (Å²) < 4.78 is 19.5. The van der Waals surface area contributed by atoms with Crippen molar-refractivity contribution in [1.82, 2.24) is 9.34 Å². The lowest BCUT2D eigenvalue weighted by Crippen LogP contribution is -2.43. The van der Waals surface area contributed by atoms with E-state index in [1.807, 2.05) is 18.2 Å². The van der Waals surface area contributed by atoms with E-state index < -0.39 is 7.44 Å². The van der Waals surface area contributed by atoms with Crippen LogP contribution in [0.3, 0.4) is 0 Å². The Hall–Kier alpha value is -2.19. The lowest BCUT2D eigenvalue weighted by atomic mass is 9.94. The van der Waals surface area contributed by atoms with Gasteiger partial charge in [-0.15, -0.1) is 0 Å². The maximum atomic E-state index is 14.9. The van der Waals surface area contributed by atoms with E-state index in [0.29, 0.717) is 6.16 Å². The molecule has 0 spiro atoms. The van der Waals surface area contributed by atoms with Crippen LogP contribution >= 0.6 is 7.44 Å². The summed E-state index contributed by atoms with van der Waals surface area (Å²) in [7, 11) is -2.83. The first-order valence-electron chi connectivity index (χ1n) is 10.9. The third-order valence-corrected chi connectivity index (χ3v) is 9.72. The molecule has 1 saturated heterocycles. The van der Waals surface area contributed by atoms with E-state index in [1.165, 1.54) is 11.1 Å². The molecule has 0 bridgehead atoms. The third-order valence-electron chi connectivity index (χ3n) is 6.22. The average molecular weight is 419 g/mol. The second-order valence-corrected chi connectivity index (χ2v) is 10.6. The van der Waals surface area contributed by atoms with Gasteiger partial charge in [0.15, 0.2) is 0 Å². The Labute approximate surface area is 180 Å². The minimum Gasteiger partial charge on any atom is -0.288 e. The number of benzene rings is 3. The number of nitrogens with zero attached hydrogens (tertiary/aromatic N) is 2. The molecule has 1 heterocycles. The number of hydrogen-bond acceptors (Lipinski definition) is 1. The largest absolute Gasteiger partial charge is 0.288 e. The van der Waals surface area contributed by atoms with Crippen LogP contribution < -0.4 is 0 Å². The molecule has 0 amide bonds. The molecule has 0 radical (unpaired) electrons. The Kier molecular flexibility index (Phi) is 6.53. The SMILES string of the molecule is CCN1C(c2ccccc2)CC(c2ccccc2)N(CC)P1(=O)Cc1ccccc1. The Morgan fingerprint density at radius 1 is 0.700 bits per heavy atom. The van der Waals surface area contributed by atoms with Crippen LogP contribution in [-0.4, -0.2) is 22.4 Å². The molecular formula is C26H31N2OP. The maximum absolute atomic E-state index is 14.9. The van der Waals surface area contributed by atoms with Crippen molar-refractivity contribution < 1.29 is 4.57 Å². The van der Waals surface area contributed by atoms with Crippen molar-refractivity contribution in [2.75, 3.05) is 13.1 Å². The van der Waals surface area contributed by atoms with Gasteiger partial charge in [0.05, 0.1) is 6.16 Å². The highest BCUT2D eigenvalue weighted by Crippen LogP contribution is 2.66. The van der Waals surface area contributed by atoms with Gasteiger partial charge in [-0.25, -0.2) is 9.34 Å². The van der Waals surface area contributed by atoms with Crippen LogP contribution in [-0.2, 0) is 10.7 Å². The summed E-state index contributed by atoms with van der Waals surface area (Å²) in [6, 6.07) is 31.8. The van der Waals surface area contributed by atoms with Crippen molar-refractivity contribution in [1.29, 1.82) is 0 Å². The molecule has 30 heavy (non-hydrogen) atoms. The fourth-order valence-electron chi connectivity index (χ4n) is 4.89. The zero-order valence-electron chi connectivity index (χ0n) is 17.9. The Bertz CT molecular complexity index is 920. The summed E-state index contributed by atoms with van der Waals surface area (Å²) in [6.07, 6.45) is 1.51. The molecule has 1 aliphatic heterocycles. The van der Waals surface area contributed by atoms with Crippen LogP contribution in [0.2, 0.25) is 0 Å². The molecule has 2 atom stereocenters. The van der Waals surface area contributed by atoms with Crippen molar-refractivity contribution in [3.05, 3.63) is 108 Å². The van der Waals surface area contributed by atoms with E-state index >= 15 is 0 Å². The topological polar surface area (TPSA) is 23.6 Å². The van der Waals surface area contributed by atoms with Gasteiger partial charge < -0.3 is 0 Å². The summed E-state index contributed by atoms with van der Waals surface area (Å²) in [6.45, 7) is 5.82. The van der Waals surface area contributed by atoms with Crippen molar-refractivity contribution in [3.63, 3.8) is 0 Å². The van der Waals surface area contributed by atoms with Crippen LogP contribution in [0.15, 0.2) is 91.0 Å². The maximum Gasteiger partial charge on any atom is 0.221 e. The van der Waals surface area contributed by atoms with E-state index in [1.54, 1.807) is 0 Å². The Morgan fingerprint density at radius 3 is 1.50 bits per heavy atom. The smallest absolute Gasteiger partial charge is 0.221 e. The molecule has 2 unspecified atom stereocenters. The first-order chi connectivity index (χ1) is 14.7. The van der Waals surface area contributed by atoms with Gasteiger partial charge in [0.25, 0.3) is 0 Å². The molecule has 0 aliphatic carbocycles. The van der Waals surface area contributed by atoms with Crippen LogP contribution in [0.1, 0.15) is 49.0 Å². The highest BCUT2D eigenvalue weighted by molar-refractivity contribution is 7.58. The zero-order valence-corrected chi connectivity index (χ0v) is 18.8. The zero-order chi connectivity index (χ0) is 21.0. The van der Waals surface area contributed by atoms with E-state index in [2.05, 4.69) is 96.0 Å². The fourth-order valence-corrected chi connectivity index (χ4v) is 8.45. The second-order valence-electron chi connectivity index (χ2n) is 7.91. The summed E-state index contributed by atoms with van der Waals surface area (Å²) in [5.74, 6) is 0. The molecule has 4 heteroatoms. The standard InChI is InChI=1S/C26H31N2OP/c1-3-27-25(23-16-10-6-11-17-23)20-26(24-18-12-7-13-19-24)28(4-2)30(27,29)21-22-14-8-5-9-15-22/h5-19,25-26H,3-4,20-21H2,1-2H3. The summed E-state index contributed by atoms with van der Waals surface area (Å²) >= 11 is 0. The molecule has 1 fully saturated rings. The van der Waals surface area contributed by atoms with Gasteiger partial charge in [0.1, 0.15) is 0 Å². The summed E-state index contributed by atoms with van der Waals surface area (Å²) in [4.78, 5) is 0. The van der Waals surface area contributed by atoms with Gasteiger partial charge >= 0.3 is 0 Å². The van der Waals surface area contributed by atoms with Crippen molar-refractivity contribution in [2.24, 2.45) is 0 Å². The summed E-state index contributed by atoms with van der Waals surface area (Å²) in [5.41, 5.74) is 3.65. The normalized spacial score (nSPS) is 25.3. The van der Waals surface area contributed by atoms with Crippen molar-refractivity contribution >= 4 is 7.44 Å². The van der Waals surface area contributed by atoms with E-state index in [-0.39, 0.29) is 12.1 Å². The lowest BCUT2D eigenvalue weighted by Gasteiger charge is -2.51. The average Bonchev–Trinajstić information content (AvgIpc) is 2.80. The van der Waals surface area contributed by atoms with Crippen LogP contribution in [0.25, 0.3) is 0 Å². The molecule has 4 rings (SSSR count). The molecule has 0 N–H and O–H groups in total. The van der Waals surface area contributed by atoms with Gasteiger partial charge in [-0.3, -0.25) is 4.57 Å². The van der Waals surface area contributed by atoms with Crippen LogP contribution in [0.5, 0.6) is 0 Å². The molecule has 0 aromatic heterocycles. The third kappa shape index (κ3) is 4.03. The van der Waals surface area contributed by atoms with Crippen LogP contribution in [0, 0.1) is 0 Å². The molecule has 3 aromatic rings. The Morgan fingerprint density at radius 2 is 1.10 bits per heavy atom. The van der Waals surface area contributed by atoms with Crippen molar-refractivity contribution in [2.45, 2.75) is 38.5 Å². The number of hydrogen-bond donors (Lipinski definition) is 0. The fraction of sp³-hybridized carbons (Fsp3) is 0.308. The highest BCUT2D eigenvalue weighted by atomic mass is 31.2. The first kappa shape index (κ1) is 21.1. The van der Waals surface area contributed by atoms with Gasteiger partial charge in [-0.05, 0) is 23.1 Å². The minimum atomic E-state index is -2.83. The van der Waals surface area contributed by atoms with E-state index in [9.17, 15) is 4.57 Å². The monoisotopic (exact) mass is 418 g/mol. The highest BCUT2D eigenvalue weighted by Gasteiger charge is 2.48. The molecule has 0 saturated carbocycles.